The Morgan fingerprint density at radius 1 is 1.04 bits per heavy atom. The molecule has 2 heterocycles. The summed E-state index contributed by atoms with van der Waals surface area (Å²) in [5.41, 5.74) is 1.50. The van der Waals surface area contributed by atoms with Gasteiger partial charge in [0.2, 0.25) is 0 Å². The smallest absolute Gasteiger partial charge is 0.271 e. The van der Waals surface area contributed by atoms with Gasteiger partial charge in [-0.15, -0.1) is 0 Å². The number of rotatable bonds is 5. The number of benzene rings is 1. The summed E-state index contributed by atoms with van der Waals surface area (Å²) < 4.78 is 13.1. The number of aromatic nitrogens is 3. The number of halogens is 1. The third kappa shape index (κ3) is 4.10. The van der Waals surface area contributed by atoms with Crippen LogP contribution in [0, 0.1) is 5.82 Å². The summed E-state index contributed by atoms with van der Waals surface area (Å²) in [5, 5.41) is 5.63. The van der Waals surface area contributed by atoms with Gasteiger partial charge in [-0.3, -0.25) is 9.78 Å². The molecule has 1 aromatic carbocycles. The van der Waals surface area contributed by atoms with Gasteiger partial charge in [0, 0.05) is 11.9 Å². The van der Waals surface area contributed by atoms with Gasteiger partial charge in [-0.1, -0.05) is 12.1 Å². The van der Waals surface area contributed by atoms with Crippen molar-refractivity contribution >= 4 is 17.4 Å². The van der Waals surface area contributed by atoms with Crippen LogP contribution in [0.4, 0.5) is 15.9 Å². The maximum Gasteiger partial charge on any atom is 0.271 e. The highest BCUT2D eigenvalue weighted by molar-refractivity contribution is 5.91. The van der Waals surface area contributed by atoms with Gasteiger partial charge in [-0.25, -0.2) is 14.4 Å². The highest BCUT2D eigenvalue weighted by Crippen LogP contribution is 2.14. The van der Waals surface area contributed by atoms with E-state index in [0.717, 1.165) is 5.69 Å². The summed E-state index contributed by atoms with van der Waals surface area (Å²) in [7, 11) is 0. The second-order valence-electron chi connectivity index (χ2n) is 4.93. The zero-order valence-electron chi connectivity index (χ0n) is 12.6. The molecule has 0 radical (unpaired) electrons. The standard InChI is InChI=1S/C17H14FN5O/c18-12-4-3-6-13(8-12)23-16-11-20-15(10-21-16)17(24)22-9-14-5-1-2-7-19-14/h1-8,10-11H,9H2,(H,21,23)(H,22,24). The van der Waals surface area contributed by atoms with E-state index in [4.69, 9.17) is 0 Å². The molecule has 24 heavy (non-hydrogen) atoms. The van der Waals surface area contributed by atoms with Gasteiger partial charge in [0.15, 0.2) is 0 Å². The van der Waals surface area contributed by atoms with Gasteiger partial charge >= 0.3 is 0 Å². The molecule has 0 saturated heterocycles. The molecule has 0 aliphatic carbocycles. The van der Waals surface area contributed by atoms with Gasteiger partial charge in [-0.05, 0) is 30.3 Å². The number of carbonyl (C=O) groups excluding carboxylic acids is 1. The molecule has 7 heteroatoms. The van der Waals surface area contributed by atoms with E-state index in [9.17, 15) is 9.18 Å². The Balaban J connectivity index is 1.60. The molecular weight excluding hydrogens is 309 g/mol. The molecule has 3 aromatic rings. The minimum atomic E-state index is -0.349. The number of hydrogen-bond donors (Lipinski definition) is 2. The summed E-state index contributed by atoms with van der Waals surface area (Å²) >= 11 is 0. The number of amides is 1. The number of nitrogens with zero attached hydrogens (tertiary/aromatic N) is 3. The van der Waals surface area contributed by atoms with Crippen molar-refractivity contribution in [1.82, 2.24) is 20.3 Å². The molecule has 6 nitrogen and oxygen atoms in total. The van der Waals surface area contributed by atoms with E-state index in [1.807, 2.05) is 12.1 Å². The zero-order valence-corrected chi connectivity index (χ0v) is 12.6. The number of carbonyl (C=O) groups is 1. The normalized spacial score (nSPS) is 10.2. The van der Waals surface area contributed by atoms with Crippen molar-refractivity contribution in [3.05, 3.63) is 78.3 Å². The maximum atomic E-state index is 13.1. The Labute approximate surface area is 137 Å². The molecule has 120 valence electrons. The van der Waals surface area contributed by atoms with Gasteiger partial charge in [0.05, 0.1) is 24.6 Å². The lowest BCUT2D eigenvalue weighted by molar-refractivity contribution is 0.0945. The maximum absolute atomic E-state index is 13.1. The molecule has 3 rings (SSSR count). The van der Waals surface area contributed by atoms with Crippen LogP contribution in [0.1, 0.15) is 16.2 Å². The quantitative estimate of drug-likeness (QED) is 0.754. The first-order valence-electron chi connectivity index (χ1n) is 7.23. The van der Waals surface area contributed by atoms with Crippen molar-refractivity contribution in [1.29, 1.82) is 0 Å². The average molecular weight is 323 g/mol. The fourth-order valence-electron chi connectivity index (χ4n) is 1.99. The van der Waals surface area contributed by atoms with Crippen LogP contribution in [0.2, 0.25) is 0 Å². The Morgan fingerprint density at radius 3 is 2.67 bits per heavy atom. The van der Waals surface area contributed by atoms with E-state index in [-0.39, 0.29) is 17.4 Å². The molecule has 0 aliphatic heterocycles. The molecular formula is C17H14FN5O. The molecule has 2 aromatic heterocycles. The van der Waals surface area contributed by atoms with Crippen molar-refractivity contribution in [2.75, 3.05) is 5.32 Å². The Hall–Kier alpha value is -3.35. The predicted octanol–water partition coefficient (Wildman–Crippen LogP) is 2.68. The van der Waals surface area contributed by atoms with E-state index in [0.29, 0.717) is 18.1 Å². The Morgan fingerprint density at radius 2 is 1.96 bits per heavy atom. The number of anilines is 2. The Bertz CT molecular complexity index is 824. The second kappa shape index (κ2) is 7.28. The van der Waals surface area contributed by atoms with Crippen LogP contribution in [0.25, 0.3) is 0 Å². The lowest BCUT2D eigenvalue weighted by Crippen LogP contribution is -2.24. The summed E-state index contributed by atoms with van der Waals surface area (Å²) in [5.74, 6) is -0.272. The van der Waals surface area contributed by atoms with Crippen LogP contribution in [-0.2, 0) is 6.54 Å². The Kier molecular flexibility index (Phi) is 4.71. The van der Waals surface area contributed by atoms with Crippen molar-refractivity contribution < 1.29 is 9.18 Å². The SMILES string of the molecule is O=C(NCc1ccccn1)c1cnc(Nc2cccc(F)c2)cn1. The van der Waals surface area contributed by atoms with Gasteiger partial charge < -0.3 is 10.6 Å². The van der Waals surface area contributed by atoms with Crippen LogP contribution in [0.3, 0.4) is 0 Å². The zero-order chi connectivity index (χ0) is 16.8. The molecule has 0 unspecified atom stereocenters. The van der Waals surface area contributed by atoms with Gasteiger partial charge in [0.1, 0.15) is 17.3 Å². The van der Waals surface area contributed by atoms with Crippen molar-refractivity contribution in [3.63, 3.8) is 0 Å². The summed E-state index contributed by atoms with van der Waals surface area (Å²) in [6.45, 7) is 0.310. The minimum Gasteiger partial charge on any atom is -0.345 e. The highest BCUT2D eigenvalue weighted by atomic mass is 19.1. The first-order valence-corrected chi connectivity index (χ1v) is 7.23. The van der Waals surface area contributed by atoms with Crippen LogP contribution in [0.5, 0.6) is 0 Å². The lowest BCUT2D eigenvalue weighted by atomic mass is 10.3. The lowest BCUT2D eigenvalue weighted by Gasteiger charge is -2.07. The van der Waals surface area contributed by atoms with E-state index in [2.05, 4.69) is 25.6 Å². The second-order valence-corrected chi connectivity index (χ2v) is 4.93. The summed E-state index contributed by atoms with van der Waals surface area (Å²) in [4.78, 5) is 24.3. The van der Waals surface area contributed by atoms with Crippen LogP contribution >= 0.6 is 0 Å². The van der Waals surface area contributed by atoms with Gasteiger partial charge in [-0.2, -0.15) is 0 Å². The number of hydrogen-bond acceptors (Lipinski definition) is 5. The number of pyridine rings is 1. The molecule has 0 spiro atoms. The third-order valence-electron chi connectivity index (χ3n) is 3.14. The van der Waals surface area contributed by atoms with Crippen LogP contribution in [0.15, 0.2) is 61.1 Å². The molecule has 1 amide bonds. The van der Waals surface area contributed by atoms with Crippen molar-refractivity contribution in [2.24, 2.45) is 0 Å². The minimum absolute atomic E-state index is 0.190. The topological polar surface area (TPSA) is 79.8 Å². The molecule has 0 saturated carbocycles. The highest BCUT2D eigenvalue weighted by Gasteiger charge is 2.08. The van der Waals surface area contributed by atoms with Gasteiger partial charge in [0.25, 0.3) is 5.91 Å². The van der Waals surface area contributed by atoms with Crippen molar-refractivity contribution in [2.45, 2.75) is 6.54 Å². The van der Waals surface area contributed by atoms with Crippen LogP contribution in [-0.4, -0.2) is 20.9 Å². The fourth-order valence-corrected chi connectivity index (χ4v) is 1.99. The average Bonchev–Trinajstić information content (AvgIpc) is 2.61. The third-order valence-corrected chi connectivity index (χ3v) is 3.14. The van der Waals surface area contributed by atoms with E-state index >= 15 is 0 Å². The summed E-state index contributed by atoms with van der Waals surface area (Å²) in [6.07, 6.45) is 4.43. The van der Waals surface area contributed by atoms with Crippen molar-refractivity contribution in [3.8, 4) is 0 Å². The first-order chi connectivity index (χ1) is 11.7. The molecule has 0 bridgehead atoms. The van der Waals surface area contributed by atoms with E-state index in [1.165, 1.54) is 24.5 Å². The predicted molar refractivity (Wildman–Crippen MR) is 87.1 cm³/mol. The van der Waals surface area contributed by atoms with E-state index in [1.54, 1.807) is 24.4 Å². The molecule has 0 atom stereocenters. The van der Waals surface area contributed by atoms with E-state index < -0.39 is 0 Å². The number of nitrogens with one attached hydrogen (secondary N) is 2. The fraction of sp³-hybridized carbons (Fsp3) is 0.0588. The molecule has 2 N–H and O–H groups in total. The summed E-state index contributed by atoms with van der Waals surface area (Å²) in [6, 6.07) is 11.5. The monoisotopic (exact) mass is 323 g/mol. The molecule has 0 aliphatic rings. The molecule has 0 fully saturated rings. The largest absolute Gasteiger partial charge is 0.345 e. The first kappa shape index (κ1) is 15.5. The van der Waals surface area contributed by atoms with Crippen LogP contribution < -0.4 is 10.6 Å².